The molecule has 0 atom stereocenters. The van der Waals surface area contributed by atoms with Crippen molar-refractivity contribution in [3.63, 3.8) is 0 Å². The van der Waals surface area contributed by atoms with Gasteiger partial charge in [-0.3, -0.25) is 0 Å². The predicted octanol–water partition coefficient (Wildman–Crippen LogP) is 4.12. The van der Waals surface area contributed by atoms with Gasteiger partial charge in [-0.1, -0.05) is 26.0 Å². The highest BCUT2D eigenvalue weighted by Crippen LogP contribution is 2.24. The van der Waals surface area contributed by atoms with Crippen LogP contribution in [0.4, 0.5) is 0 Å². The summed E-state index contributed by atoms with van der Waals surface area (Å²) in [6.45, 7) is 6.98. The lowest BCUT2D eigenvalue weighted by Gasteiger charge is -2.10. The Kier molecular flexibility index (Phi) is 5.60. The summed E-state index contributed by atoms with van der Waals surface area (Å²) >= 11 is 1.49. The maximum atomic E-state index is 12.5. The second-order valence-electron chi connectivity index (χ2n) is 6.54. The van der Waals surface area contributed by atoms with Crippen LogP contribution in [0.1, 0.15) is 24.4 Å². The van der Waals surface area contributed by atoms with Crippen molar-refractivity contribution in [1.29, 1.82) is 0 Å². The van der Waals surface area contributed by atoms with Gasteiger partial charge in [0.1, 0.15) is 5.75 Å². The Labute approximate surface area is 158 Å². The van der Waals surface area contributed by atoms with Crippen LogP contribution in [0.2, 0.25) is 0 Å². The molecule has 7 heteroatoms. The monoisotopic (exact) mass is 390 g/mol. The number of ether oxygens (including phenoxy) is 1. The van der Waals surface area contributed by atoms with E-state index in [1.165, 1.54) is 11.3 Å². The Morgan fingerprint density at radius 2 is 1.88 bits per heavy atom. The first-order chi connectivity index (χ1) is 12.3. The number of thiazole rings is 1. The van der Waals surface area contributed by atoms with E-state index in [0.29, 0.717) is 12.5 Å². The van der Waals surface area contributed by atoms with E-state index in [2.05, 4.69) is 23.6 Å². The molecule has 1 heterocycles. The van der Waals surface area contributed by atoms with E-state index in [1.807, 2.05) is 31.2 Å². The summed E-state index contributed by atoms with van der Waals surface area (Å²) in [4.78, 5) is 4.61. The zero-order valence-electron chi connectivity index (χ0n) is 15.0. The number of hydrogen-bond donors (Lipinski definition) is 1. The summed E-state index contributed by atoms with van der Waals surface area (Å²) in [5.74, 6) is 1.25. The van der Waals surface area contributed by atoms with Gasteiger partial charge >= 0.3 is 0 Å². The molecule has 5 nitrogen and oxygen atoms in total. The third-order valence-electron chi connectivity index (χ3n) is 3.75. The average Bonchev–Trinajstić information content (AvgIpc) is 2.98. The number of nitrogens with one attached hydrogen (secondary N) is 1. The third kappa shape index (κ3) is 4.60. The Balaban J connectivity index is 1.67. The van der Waals surface area contributed by atoms with E-state index in [1.54, 1.807) is 18.2 Å². The highest BCUT2D eigenvalue weighted by molar-refractivity contribution is 7.89. The van der Waals surface area contributed by atoms with E-state index < -0.39 is 10.0 Å². The number of aromatic nitrogens is 1. The average molecular weight is 391 g/mol. The zero-order chi connectivity index (χ0) is 18.7. The molecule has 0 fully saturated rings. The van der Waals surface area contributed by atoms with Gasteiger partial charge in [0, 0.05) is 6.54 Å². The molecule has 1 aromatic heterocycles. The normalized spacial score (nSPS) is 12.0. The second kappa shape index (κ2) is 7.73. The van der Waals surface area contributed by atoms with Gasteiger partial charge in [0.05, 0.1) is 26.7 Å². The van der Waals surface area contributed by atoms with Gasteiger partial charge in [-0.05, 0) is 48.7 Å². The lowest BCUT2D eigenvalue weighted by atomic mass is 10.2. The van der Waals surface area contributed by atoms with Crippen LogP contribution in [0.15, 0.2) is 47.4 Å². The molecule has 0 aliphatic rings. The van der Waals surface area contributed by atoms with Crippen LogP contribution in [-0.4, -0.2) is 20.0 Å². The molecule has 0 bridgehead atoms. The standard InChI is InChI=1S/C19H22N2O3S2/c1-13(2)12-24-16-6-4-15(5-7-16)11-20-26(22,23)17-8-9-18-19(10-17)25-14(3)21-18/h4-10,13,20H,11-12H2,1-3H3. The van der Waals surface area contributed by atoms with E-state index in [0.717, 1.165) is 26.5 Å². The van der Waals surface area contributed by atoms with Gasteiger partial charge in [-0.15, -0.1) is 11.3 Å². The molecule has 0 saturated heterocycles. The molecule has 2 aromatic carbocycles. The first kappa shape index (κ1) is 18.8. The third-order valence-corrected chi connectivity index (χ3v) is 6.08. The minimum Gasteiger partial charge on any atom is -0.493 e. The first-order valence-corrected chi connectivity index (χ1v) is 10.7. The highest BCUT2D eigenvalue weighted by Gasteiger charge is 2.15. The Morgan fingerprint density at radius 3 is 2.58 bits per heavy atom. The van der Waals surface area contributed by atoms with Crippen molar-refractivity contribution in [2.24, 2.45) is 5.92 Å². The SMILES string of the molecule is Cc1nc2ccc(S(=O)(=O)NCc3ccc(OCC(C)C)cc3)cc2s1. The summed E-state index contributed by atoms with van der Waals surface area (Å²) in [7, 11) is -3.57. The number of sulfonamides is 1. The summed E-state index contributed by atoms with van der Waals surface area (Å²) < 4.78 is 34.3. The number of nitrogens with zero attached hydrogens (tertiary/aromatic N) is 1. The first-order valence-electron chi connectivity index (χ1n) is 8.42. The molecule has 0 aliphatic heterocycles. The van der Waals surface area contributed by atoms with Gasteiger partial charge in [0.2, 0.25) is 10.0 Å². The highest BCUT2D eigenvalue weighted by atomic mass is 32.2. The smallest absolute Gasteiger partial charge is 0.240 e. The van der Waals surface area contributed by atoms with E-state index in [4.69, 9.17) is 4.74 Å². The molecule has 0 radical (unpaired) electrons. The lowest BCUT2D eigenvalue weighted by molar-refractivity contribution is 0.271. The van der Waals surface area contributed by atoms with Crippen molar-refractivity contribution in [1.82, 2.24) is 9.71 Å². The largest absolute Gasteiger partial charge is 0.493 e. The molecule has 0 unspecified atom stereocenters. The van der Waals surface area contributed by atoms with Crippen molar-refractivity contribution < 1.29 is 13.2 Å². The number of rotatable bonds is 7. The van der Waals surface area contributed by atoms with Crippen LogP contribution < -0.4 is 9.46 Å². The van der Waals surface area contributed by atoms with E-state index in [-0.39, 0.29) is 11.4 Å². The number of hydrogen-bond acceptors (Lipinski definition) is 5. The molecule has 0 amide bonds. The van der Waals surface area contributed by atoms with Gasteiger partial charge < -0.3 is 4.74 Å². The van der Waals surface area contributed by atoms with Gasteiger partial charge in [-0.2, -0.15) is 0 Å². The molecule has 0 saturated carbocycles. The van der Waals surface area contributed by atoms with E-state index >= 15 is 0 Å². The van der Waals surface area contributed by atoms with Crippen LogP contribution in [0.3, 0.4) is 0 Å². The van der Waals surface area contributed by atoms with Crippen LogP contribution in [0, 0.1) is 12.8 Å². The van der Waals surface area contributed by atoms with Crippen molar-refractivity contribution in [3.8, 4) is 5.75 Å². The van der Waals surface area contributed by atoms with Gasteiger partial charge in [0.15, 0.2) is 0 Å². The minimum absolute atomic E-state index is 0.229. The lowest BCUT2D eigenvalue weighted by Crippen LogP contribution is -2.23. The zero-order valence-corrected chi connectivity index (χ0v) is 16.7. The molecule has 1 N–H and O–H groups in total. The summed E-state index contributed by atoms with van der Waals surface area (Å²) in [6, 6.07) is 12.5. The maximum Gasteiger partial charge on any atom is 0.240 e. The van der Waals surface area contributed by atoms with E-state index in [9.17, 15) is 8.42 Å². The summed E-state index contributed by atoms with van der Waals surface area (Å²) in [6.07, 6.45) is 0. The number of fused-ring (bicyclic) bond motifs is 1. The number of aryl methyl sites for hydroxylation is 1. The van der Waals surface area contributed by atoms with Crippen molar-refractivity contribution in [2.75, 3.05) is 6.61 Å². The molecule has 3 aromatic rings. The number of benzene rings is 2. The van der Waals surface area contributed by atoms with Crippen molar-refractivity contribution in [2.45, 2.75) is 32.2 Å². The molecular formula is C19H22N2O3S2. The fourth-order valence-electron chi connectivity index (χ4n) is 2.42. The molecule has 0 spiro atoms. The molecule has 26 heavy (non-hydrogen) atoms. The quantitative estimate of drug-likeness (QED) is 0.659. The topological polar surface area (TPSA) is 68.3 Å². The fourth-order valence-corrected chi connectivity index (χ4v) is 4.40. The summed E-state index contributed by atoms with van der Waals surface area (Å²) in [5.41, 5.74) is 1.70. The molecule has 0 aliphatic carbocycles. The molecule has 3 rings (SSSR count). The Bertz CT molecular complexity index is 993. The Hall–Kier alpha value is -1.96. The predicted molar refractivity (Wildman–Crippen MR) is 105 cm³/mol. The molecule has 138 valence electrons. The summed E-state index contributed by atoms with van der Waals surface area (Å²) in [5, 5.41) is 0.919. The van der Waals surface area contributed by atoms with Crippen LogP contribution in [0.5, 0.6) is 5.75 Å². The second-order valence-corrected chi connectivity index (χ2v) is 9.54. The molecular weight excluding hydrogens is 368 g/mol. The van der Waals surface area contributed by atoms with Crippen LogP contribution in [-0.2, 0) is 16.6 Å². The van der Waals surface area contributed by atoms with Crippen molar-refractivity contribution >= 4 is 31.6 Å². The van der Waals surface area contributed by atoms with Gasteiger partial charge in [0.25, 0.3) is 0 Å². The fraction of sp³-hybridized carbons (Fsp3) is 0.316. The van der Waals surface area contributed by atoms with Gasteiger partial charge in [-0.25, -0.2) is 18.1 Å². The minimum atomic E-state index is -3.57. The van der Waals surface area contributed by atoms with Crippen LogP contribution in [0.25, 0.3) is 10.2 Å². The van der Waals surface area contributed by atoms with Crippen molar-refractivity contribution in [3.05, 3.63) is 53.0 Å². The van der Waals surface area contributed by atoms with Crippen LogP contribution >= 0.6 is 11.3 Å². The Morgan fingerprint density at radius 1 is 1.15 bits per heavy atom. The maximum absolute atomic E-state index is 12.5.